The van der Waals surface area contributed by atoms with Crippen molar-refractivity contribution in [3.63, 3.8) is 0 Å². The summed E-state index contributed by atoms with van der Waals surface area (Å²) in [5, 5.41) is 1.56. The molecule has 6 nitrogen and oxygen atoms in total. The van der Waals surface area contributed by atoms with Crippen LogP contribution < -0.4 is 0 Å². The van der Waals surface area contributed by atoms with Crippen LogP contribution in [0.15, 0.2) is 48.8 Å². The first-order valence-corrected chi connectivity index (χ1v) is 9.23. The quantitative estimate of drug-likeness (QED) is 0.757. The van der Waals surface area contributed by atoms with Crippen molar-refractivity contribution in [1.29, 1.82) is 0 Å². The number of fused-ring (bicyclic) bond motifs is 1. The Kier molecular flexibility index (Phi) is 4.81. The van der Waals surface area contributed by atoms with Gasteiger partial charge in [-0.15, -0.1) is 0 Å². The molecule has 0 unspecified atom stereocenters. The maximum atomic E-state index is 12.7. The molecule has 0 saturated carbocycles. The molecule has 7 heteroatoms. The third kappa shape index (κ3) is 3.66. The summed E-state index contributed by atoms with van der Waals surface area (Å²) in [5.74, 6) is -0.0750. The van der Waals surface area contributed by atoms with Gasteiger partial charge >= 0.3 is 0 Å². The highest BCUT2D eigenvalue weighted by atomic mass is 35.5. The van der Waals surface area contributed by atoms with E-state index < -0.39 is 0 Å². The first-order valence-electron chi connectivity index (χ1n) is 8.85. The molecule has 0 radical (unpaired) electrons. The molecule has 1 aliphatic heterocycles. The van der Waals surface area contributed by atoms with Crippen molar-refractivity contribution < 1.29 is 9.59 Å². The minimum Gasteiger partial charge on any atom is -0.361 e. The number of aromatic amines is 1. The molecule has 1 aromatic carbocycles. The molecule has 1 aliphatic rings. The van der Waals surface area contributed by atoms with E-state index in [-0.39, 0.29) is 11.8 Å². The monoisotopic (exact) mass is 382 g/mol. The molecule has 2 aromatic heterocycles. The van der Waals surface area contributed by atoms with Crippen molar-refractivity contribution in [2.24, 2.45) is 0 Å². The van der Waals surface area contributed by atoms with Crippen molar-refractivity contribution in [2.75, 3.05) is 26.2 Å². The zero-order chi connectivity index (χ0) is 18.8. The lowest BCUT2D eigenvalue weighted by Crippen LogP contribution is -2.51. The number of hydrogen-bond acceptors (Lipinski definition) is 3. The van der Waals surface area contributed by atoms with Crippen LogP contribution in [-0.4, -0.2) is 57.8 Å². The van der Waals surface area contributed by atoms with Gasteiger partial charge < -0.3 is 14.8 Å². The number of hydrogen-bond donors (Lipinski definition) is 1. The van der Waals surface area contributed by atoms with E-state index in [9.17, 15) is 9.59 Å². The van der Waals surface area contributed by atoms with Gasteiger partial charge in [-0.1, -0.05) is 29.8 Å². The highest BCUT2D eigenvalue weighted by Gasteiger charge is 2.26. The molecule has 138 valence electrons. The van der Waals surface area contributed by atoms with E-state index >= 15 is 0 Å². The first-order chi connectivity index (χ1) is 13.1. The maximum absolute atomic E-state index is 12.7. The number of amides is 2. The van der Waals surface area contributed by atoms with Crippen LogP contribution in [0.3, 0.4) is 0 Å². The van der Waals surface area contributed by atoms with Crippen LogP contribution in [0.5, 0.6) is 0 Å². The molecule has 1 saturated heterocycles. The van der Waals surface area contributed by atoms with E-state index in [4.69, 9.17) is 11.6 Å². The number of piperazine rings is 1. The Balaban J connectivity index is 1.37. The average Bonchev–Trinajstić information content (AvgIpc) is 3.10. The molecule has 0 bridgehead atoms. The number of aromatic nitrogens is 2. The molecule has 3 heterocycles. The lowest BCUT2D eigenvalue weighted by atomic mass is 10.1. The summed E-state index contributed by atoms with van der Waals surface area (Å²) in [5.41, 5.74) is 2.36. The Hall–Kier alpha value is -2.86. The van der Waals surface area contributed by atoms with E-state index in [0.29, 0.717) is 43.3 Å². The second kappa shape index (κ2) is 7.40. The van der Waals surface area contributed by atoms with Crippen LogP contribution >= 0.6 is 11.6 Å². The summed E-state index contributed by atoms with van der Waals surface area (Å²) >= 11 is 5.94. The molecule has 0 atom stereocenters. The summed E-state index contributed by atoms with van der Waals surface area (Å²) in [6.07, 6.45) is 3.78. The van der Waals surface area contributed by atoms with Crippen LogP contribution in [0.2, 0.25) is 5.02 Å². The van der Waals surface area contributed by atoms with Gasteiger partial charge in [0.15, 0.2) is 0 Å². The van der Waals surface area contributed by atoms with Gasteiger partial charge in [0, 0.05) is 54.5 Å². The summed E-state index contributed by atoms with van der Waals surface area (Å²) in [7, 11) is 0. The summed E-state index contributed by atoms with van der Waals surface area (Å²) in [6.45, 7) is 2.03. The smallest absolute Gasteiger partial charge is 0.272 e. The topological polar surface area (TPSA) is 69.3 Å². The molecule has 4 rings (SSSR count). The molecule has 3 aromatic rings. The van der Waals surface area contributed by atoms with Crippen LogP contribution in [-0.2, 0) is 11.2 Å². The number of carbonyl (C=O) groups excluding carboxylic acids is 2. The van der Waals surface area contributed by atoms with E-state index in [1.807, 2.05) is 35.4 Å². The Bertz CT molecular complexity index is 992. The van der Waals surface area contributed by atoms with Gasteiger partial charge in [-0.2, -0.15) is 0 Å². The lowest BCUT2D eigenvalue weighted by molar-refractivity contribution is -0.131. The van der Waals surface area contributed by atoms with Crippen molar-refractivity contribution >= 4 is 34.3 Å². The van der Waals surface area contributed by atoms with Crippen molar-refractivity contribution in [3.05, 3.63) is 65.1 Å². The van der Waals surface area contributed by atoms with Gasteiger partial charge in [0.2, 0.25) is 5.91 Å². The van der Waals surface area contributed by atoms with Crippen molar-refractivity contribution in [2.45, 2.75) is 6.42 Å². The van der Waals surface area contributed by atoms with E-state index in [2.05, 4.69) is 9.97 Å². The van der Waals surface area contributed by atoms with Gasteiger partial charge in [0.25, 0.3) is 5.91 Å². The van der Waals surface area contributed by atoms with Gasteiger partial charge in [-0.05, 0) is 23.8 Å². The van der Waals surface area contributed by atoms with Crippen LogP contribution in [0.4, 0.5) is 0 Å². The fraction of sp³-hybridized carbons (Fsp3) is 0.250. The number of benzene rings is 1. The number of carbonyl (C=O) groups is 2. The predicted octanol–water partition coefficient (Wildman–Crippen LogP) is 2.74. The molecular formula is C20H19ClN4O2. The molecular weight excluding hydrogens is 364 g/mol. The fourth-order valence-electron chi connectivity index (χ4n) is 3.40. The Labute approximate surface area is 161 Å². The van der Waals surface area contributed by atoms with E-state index in [0.717, 1.165) is 16.5 Å². The van der Waals surface area contributed by atoms with Crippen LogP contribution in [0.25, 0.3) is 10.9 Å². The SMILES string of the molecule is O=C(Cc1c[nH]c2ccccc12)N1CCN(C(=O)c2cc(Cl)ccn2)CC1. The Morgan fingerprint density at radius 2 is 1.81 bits per heavy atom. The number of para-hydroxylation sites is 1. The molecule has 2 amide bonds. The summed E-state index contributed by atoms with van der Waals surface area (Å²) in [6, 6.07) is 11.2. The second-order valence-electron chi connectivity index (χ2n) is 6.57. The highest BCUT2D eigenvalue weighted by Crippen LogP contribution is 2.19. The number of nitrogens with one attached hydrogen (secondary N) is 1. The lowest BCUT2D eigenvalue weighted by Gasteiger charge is -2.34. The normalized spacial score (nSPS) is 14.6. The van der Waals surface area contributed by atoms with Gasteiger partial charge in [0.1, 0.15) is 5.69 Å². The van der Waals surface area contributed by atoms with Gasteiger partial charge in [-0.25, -0.2) is 0 Å². The second-order valence-corrected chi connectivity index (χ2v) is 7.00. The predicted molar refractivity (Wildman–Crippen MR) is 104 cm³/mol. The molecule has 1 N–H and O–H groups in total. The summed E-state index contributed by atoms with van der Waals surface area (Å²) < 4.78 is 0. The molecule has 0 aliphatic carbocycles. The number of nitrogens with zero attached hydrogens (tertiary/aromatic N) is 3. The third-order valence-corrected chi connectivity index (χ3v) is 5.11. The molecule has 1 fully saturated rings. The first kappa shape index (κ1) is 17.5. The average molecular weight is 383 g/mol. The third-order valence-electron chi connectivity index (χ3n) is 4.88. The number of halogens is 1. The Morgan fingerprint density at radius 3 is 2.59 bits per heavy atom. The van der Waals surface area contributed by atoms with Crippen LogP contribution in [0.1, 0.15) is 16.1 Å². The minimum atomic E-state index is -0.152. The minimum absolute atomic E-state index is 0.0766. The number of rotatable bonds is 3. The Morgan fingerprint density at radius 1 is 1.07 bits per heavy atom. The zero-order valence-electron chi connectivity index (χ0n) is 14.7. The summed E-state index contributed by atoms with van der Waals surface area (Å²) in [4.78, 5) is 36.0. The highest BCUT2D eigenvalue weighted by molar-refractivity contribution is 6.30. The standard InChI is InChI=1S/C20H19ClN4O2/c21-15-5-6-22-18(12-15)20(27)25-9-7-24(8-10-25)19(26)11-14-13-23-17-4-2-1-3-16(14)17/h1-6,12-13,23H,7-11H2. The molecule has 27 heavy (non-hydrogen) atoms. The largest absolute Gasteiger partial charge is 0.361 e. The van der Waals surface area contributed by atoms with Crippen molar-refractivity contribution in [3.8, 4) is 0 Å². The number of pyridine rings is 1. The van der Waals surface area contributed by atoms with E-state index in [1.165, 1.54) is 6.20 Å². The van der Waals surface area contributed by atoms with Gasteiger partial charge in [-0.3, -0.25) is 14.6 Å². The fourth-order valence-corrected chi connectivity index (χ4v) is 3.55. The van der Waals surface area contributed by atoms with Gasteiger partial charge in [0.05, 0.1) is 6.42 Å². The van der Waals surface area contributed by atoms with E-state index in [1.54, 1.807) is 17.0 Å². The molecule has 0 spiro atoms. The van der Waals surface area contributed by atoms with Crippen LogP contribution in [0, 0.1) is 0 Å². The number of H-pyrrole nitrogens is 1. The van der Waals surface area contributed by atoms with Crippen molar-refractivity contribution in [1.82, 2.24) is 19.8 Å². The zero-order valence-corrected chi connectivity index (χ0v) is 15.4. The maximum Gasteiger partial charge on any atom is 0.272 e.